The summed E-state index contributed by atoms with van der Waals surface area (Å²) in [5.74, 6) is -3.58. The van der Waals surface area contributed by atoms with Gasteiger partial charge in [0, 0.05) is 11.6 Å². The average molecular weight is 495 g/mol. The highest BCUT2D eigenvalue weighted by atomic mass is 19.3. The molecule has 0 radical (unpaired) electrons. The van der Waals surface area contributed by atoms with Crippen molar-refractivity contribution in [3.05, 3.63) is 71.1 Å². The fourth-order valence-electron chi connectivity index (χ4n) is 5.63. The van der Waals surface area contributed by atoms with E-state index in [2.05, 4.69) is 16.9 Å². The third-order valence-corrected chi connectivity index (χ3v) is 7.17. The molecule has 2 saturated carbocycles. The van der Waals surface area contributed by atoms with E-state index in [9.17, 15) is 18.0 Å². The van der Waals surface area contributed by atoms with E-state index in [0.717, 1.165) is 56.4 Å². The molecule has 2 aliphatic rings. The van der Waals surface area contributed by atoms with Gasteiger partial charge in [0.15, 0.2) is 11.6 Å². The average Bonchev–Trinajstić information content (AvgIpc) is 2.80. The van der Waals surface area contributed by atoms with Gasteiger partial charge in [-0.15, -0.1) is 0 Å². The van der Waals surface area contributed by atoms with Crippen LogP contribution in [0.4, 0.5) is 22.0 Å². The first kappa shape index (κ1) is 25.2. The summed E-state index contributed by atoms with van der Waals surface area (Å²) in [5, 5.41) is 0. The first-order valence-electron chi connectivity index (χ1n) is 11.8. The topological polar surface area (TPSA) is 35.5 Å². The van der Waals surface area contributed by atoms with Gasteiger partial charge < -0.3 is 9.47 Å². The third kappa shape index (κ3) is 5.85. The van der Waals surface area contributed by atoms with Crippen molar-refractivity contribution in [1.29, 1.82) is 0 Å². The zero-order valence-corrected chi connectivity index (χ0v) is 19.3. The Morgan fingerprint density at radius 3 is 2.29 bits per heavy atom. The number of hydrogen-bond donors (Lipinski definition) is 0. The number of carbonyl (C=O) groups is 1. The van der Waals surface area contributed by atoms with E-state index < -0.39 is 35.8 Å². The second kappa shape index (κ2) is 10.8. The maximum absolute atomic E-state index is 15.0. The Kier molecular flexibility index (Phi) is 7.77. The standard InChI is InChI=1S/C27H27F5O3/c1-2-3-15-4-5-17-11-18(7-6-16(17)10-15)25-22(29)12-19(13-23(25)30)26(33)34-20-8-9-24(21(28)14-20)35-27(31)32/h2-3,8-9,12-18,27H,4-7,10-11H2,1H3/b3-2+. The highest BCUT2D eigenvalue weighted by Crippen LogP contribution is 2.48. The Hall–Kier alpha value is -2.90. The molecule has 0 spiro atoms. The predicted molar refractivity (Wildman–Crippen MR) is 120 cm³/mol. The number of fused-ring (bicyclic) bond motifs is 1. The summed E-state index contributed by atoms with van der Waals surface area (Å²) in [6, 6.07) is 4.46. The van der Waals surface area contributed by atoms with Crippen molar-refractivity contribution in [2.45, 2.75) is 58.0 Å². The van der Waals surface area contributed by atoms with Crippen molar-refractivity contribution in [2.75, 3.05) is 0 Å². The van der Waals surface area contributed by atoms with E-state index in [-0.39, 0.29) is 22.8 Å². The molecule has 2 fully saturated rings. The van der Waals surface area contributed by atoms with Gasteiger partial charge >= 0.3 is 12.6 Å². The molecule has 0 heterocycles. The summed E-state index contributed by atoms with van der Waals surface area (Å²) >= 11 is 0. The van der Waals surface area contributed by atoms with Crippen molar-refractivity contribution in [2.24, 2.45) is 17.8 Å². The first-order chi connectivity index (χ1) is 16.7. The summed E-state index contributed by atoms with van der Waals surface area (Å²) in [7, 11) is 0. The van der Waals surface area contributed by atoms with Gasteiger partial charge in [-0.25, -0.2) is 18.0 Å². The predicted octanol–water partition coefficient (Wildman–Crippen LogP) is 7.80. The monoisotopic (exact) mass is 494 g/mol. The molecule has 4 atom stereocenters. The lowest BCUT2D eigenvalue weighted by molar-refractivity contribution is -0.0522. The fraction of sp³-hybridized carbons (Fsp3) is 0.444. The largest absolute Gasteiger partial charge is 0.432 e. The van der Waals surface area contributed by atoms with E-state index in [4.69, 9.17) is 4.74 Å². The maximum atomic E-state index is 15.0. The van der Waals surface area contributed by atoms with Gasteiger partial charge in [0.25, 0.3) is 0 Å². The molecular weight excluding hydrogens is 467 g/mol. The summed E-state index contributed by atoms with van der Waals surface area (Å²) < 4.78 is 77.4. The third-order valence-electron chi connectivity index (χ3n) is 7.17. The van der Waals surface area contributed by atoms with E-state index in [0.29, 0.717) is 30.2 Å². The molecule has 0 N–H and O–H groups in total. The molecule has 0 saturated heterocycles. The normalized spacial score (nSPS) is 24.4. The molecule has 0 bridgehead atoms. The zero-order chi connectivity index (χ0) is 25.1. The van der Waals surface area contributed by atoms with Crippen LogP contribution >= 0.6 is 0 Å². The van der Waals surface area contributed by atoms with Crippen LogP contribution in [0.1, 0.15) is 67.3 Å². The molecule has 0 aliphatic heterocycles. The first-order valence-corrected chi connectivity index (χ1v) is 11.8. The summed E-state index contributed by atoms with van der Waals surface area (Å²) in [5.41, 5.74) is -0.368. The van der Waals surface area contributed by atoms with Crippen molar-refractivity contribution >= 4 is 5.97 Å². The molecule has 188 valence electrons. The summed E-state index contributed by atoms with van der Waals surface area (Å²) in [6.07, 6.45) is 9.91. The maximum Gasteiger partial charge on any atom is 0.387 e. The number of alkyl halides is 2. The molecule has 0 aromatic heterocycles. The zero-order valence-electron chi connectivity index (χ0n) is 19.3. The second-order valence-corrected chi connectivity index (χ2v) is 9.34. The Balaban J connectivity index is 1.44. The minimum Gasteiger partial charge on any atom is -0.432 e. The van der Waals surface area contributed by atoms with Crippen molar-refractivity contribution in [3.8, 4) is 11.5 Å². The number of benzene rings is 2. The Morgan fingerprint density at radius 2 is 1.63 bits per heavy atom. The van der Waals surface area contributed by atoms with Gasteiger partial charge in [0.2, 0.25) is 0 Å². The molecule has 2 aromatic rings. The fourth-order valence-corrected chi connectivity index (χ4v) is 5.63. The van der Waals surface area contributed by atoms with E-state index in [1.807, 2.05) is 6.92 Å². The molecule has 8 heteroatoms. The number of rotatable bonds is 6. The number of hydrogen-bond acceptors (Lipinski definition) is 3. The smallest absolute Gasteiger partial charge is 0.387 e. The molecule has 3 nitrogen and oxygen atoms in total. The van der Waals surface area contributed by atoms with E-state index in [1.165, 1.54) is 0 Å². The van der Waals surface area contributed by atoms with Crippen LogP contribution in [-0.4, -0.2) is 12.6 Å². The minimum atomic E-state index is -3.22. The quantitative estimate of drug-likeness (QED) is 0.178. The number of allylic oxidation sites excluding steroid dienone is 2. The van der Waals surface area contributed by atoms with Gasteiger partial charge in [-0.05, 0) is 93.4 Å². The van der Waals surface area contributed by atoms with Crippen LogP contribution in [0.15, 0.2) is 42.5 Å². The number of esters is 1. The van der Waals surface area contributed by atoms with E-state index in [1.54, 1.807) is 0 Å². The molecule has 4 unspecified atom stereocenters. The van der Waals surface area contributed by atoms with Crippen LogP contribution in [0.25, 0.3) is 0 Å². The molecule has 35 heavy (non-hydrogen) atoms. The van der Waals surface area contributed by atoms with Gasteiger partial charge in [0.05, 0.1) is 5.56 Å². The lowest BCUT2D eigenvalue weighted by Crippen LogP contribution is -2.30. The molecule has 0 amide bonds. The second-order valence-electron chi connectivity index (χ2n) is 9.34. The number of halogens is 5. The summed E-state index contributed by atoms with van der Waals surface area (Å²) in [4.78, 5) is 12.4. The molecule has 2 aliphatic carbocycles. The van der Waals surface area contributed by atoms with E-state index >= 15 is 8.78 Å². The van der Waals surface area contributed by atoms with Gasteiger partial charge in [-0.1, -0.05) is 12.2 Å². The van der Waals surface area contributed by atoms with Crippen LogP contribution in [0.5, 0.6) is 11.5 Å². The molecular formula is C27H27F5O3. The lowest BCUT2D eigenvalue weighted by Gasteiger charge is -2.42. The number of ether oxygens (including phenoxy) is 2. The van der Waals surface area contributed by atoms with Crippen LogP contribution in [0, 0.1) is 35.2 Å². The highest BCUT2D eigenvalue weighted by Gasteiger charge is 2.37. The molecule has 2 aromatic carbocycles. The van der Waals surface area contributed by atoms with Gasteiger partial charge in [-0.2, -0.15) is 8.78 Å². The van der Waals surface area contributed by atoms with Crippen molar-refractivity contribution < 1.29 is 36.2 Å². The highest BCUT2D eigenvalue weighted by molar-refractivity contribution is 5.91. The van der Waals surface area contributed by atoms with Crippen LogP contribution in [0.2, 0.25) is 0 Å². The van der Waals surface area contributed by atoms with Gasteiger partial charge in [-0.3, -0.25) is 0 Å². The Bertz CT molecular complexity index is 1080. The van der Waals surface area contributed by atoms with Gasteiger partial charge in [0.1, 0.15) is 17.4 Å². The van der Waals surface area contributed by atoms with Crippen LogP contribution in [-0.2, 0) is 0 Å². The minimum absolute atomic E-state index is 0.00452. The van der Waals surface area contributed by atoms with Crippen molar-refractivity contribution in [3.63, 3.8) is 0 Å². The SMILES string of the molecule is C/C=C/C1CCC2CC(c3c(F)cc(C(=O)Oc4ccc(OC(F)F)c(F)c4)cc3F)CCC2C1. The van der Waals surface area contributed by atoms with Crippen LogP contribution in [0.3, 0.4) is 0 Å². The number of carbonyl (C=O) groups excluding carboxylic acids is 1. The van der Waals surface area contributed by atoms with Crippen LogP contribution < -0.4 is 9.47 Å². The summed E-state index contributed by atoms with van der Waals surface area (Å²) in [6.45, 7) is -1.20. The Morgan fingerprint density at radius 1 is 0.943 bits per heavy atom. The lowest BCUT2D eigenvalue weighted by atomic mass is 9.63. The van der Waals surface area contributed by atoms with Crippen molar-refractivity contribution in [1.82, 2.24) is 0 Å². The molecule has 4 rings (SSSR count). The Labute approximate surface area is 200 Å².